The Bertz CT molecular complexity index is 684. The molecule has 116 valence electrons. The molecule has 6 heteroatoms. The van der Waals surface area contributed by atoms with E-state index in [2.05, 4.69) is 5.32 Å². The maximum atomic E-state index is 12.1. The van der Waals surface area contributed by atoms with Gasteiger partial charge in [-0.05, 0) is 29.8 Å². The lowest BCUT2D eigenvalue weighted by Crippen LogP contribution is -2.15. The van der Waals surface area contributed by atoms with Crippen molar-refractivity contribution in [3.05, 3.63) is 42.0 Å². The first-order chi connectivity index (χ1) is 10.5. The van der Waals surface area contributed by atoms with Crippen molar-refractivity contribution in [2.24, 2.45) is 0 Å². The third-order valence-corrected chi connectivity index (χ3v) is 3.09. The lowest BCUT2D eigenvalue weighted by atomic mass is 10.1. The molecule has 0 atom stereocenters. The smallest absolute Gasteiger partial charge is 0.228 e. The molecule has 3 N–H and O–H groups in total. The Morgan fingerprint density at radius 1 is 1.05 bits per heavy atom. The molecule has 0 heterocycles. The number of aromatic hydroxyl groups is 2. The Morgan fingerprint density at radius 3 is 2.45 bits per heavy atom. The van der Waals surface area contributed by atoms with Crippen LogP contribution in [0.2, 0.25) is 0 Å². The molecule has 0 saturated carbocycles. The summed E-state index contributed by atoms with van der Waals surface area (Å²) in [6.07, 6.45) is 0.0498. The van der Waals surface area contributed by atoms with Crippen LogP contribution in [0, 0.1) is 0 Å². The van der Waals surface area contributed by atoms with Crippen molar-refractivity contribution >= 4 is 11.6 Å². The van der Waals surface area contributed by atoms with Gasteiger partial charge in [0.2, 0.25) is 5.91 Å². The summed E-state index contributed by atoms with van der Waals surface area (Å²) >= 11 is 0. The van der Waals surface area contributed by atoms with Crippen LogP contribution in [0.4, 0.5) is 5.69 Å². The molecule has 0 unspecified atom stereocenters. The van der Waals surface area contributed by atoms with E-state index in [9.17, 15) is 15.0 Å². The molecule has 0 radical (unpaired) electrons. The molecule has 0 aliphatic rings. The Morgan fingerprint density at radius 2 is 1.82 bits per heavy atom. The summed E-state index contributed by atoms with van der Waals surface area (Å²) in [7, 11) is 3.04. The normalized spacial score (nSPS) is 10.1. The summed E-state index contributed by atoms with van der Waals surface area (Å²) in [5.41, 5.74) is 1.07. The molecule has 0 aromatic heterocycles. The fourth-order valence-corrected chi connectivity index (χ4v) is 1.97. The van der Waals surface area contributed by atoms with Crippen LogP contribution in [0.15, 0.2) is 36.4 Å². The van der Waals surface area contributed by atoms with Gasteiger partial charge in [0.15, 0.2) is 11.5 Å². The van der Waals surface area contributed by atoms with Crippen molar-refractivity contribution in [2.75, 3.05) is 19.5 Å². The maximum absolute atomic E-state index is 12.1. The van der Waals surface area contributed by atoms with Crippen LogP contribution >= 0.6 is 0 Å². The largest absolute Gasteiger partial charge is 0.504 e. The van der Waals surface area contributed by atoms with E-state index in [0.29, 0.717) is 22.7 Å². The highest BCUT2D eigenvalue weighted by Crippen LogP contribution is 2.29. The highest BCUT2D eigenvalue weighted by Gasteiger charge is 2.11. The molecule has 2 rings (SSSR count). The van der Waals surface area contributed by atoms with E-state index >= 15 is 0 Å². The average Bonchev–Trinajstić information content (AvgIpc) is 2.50. The summed E-state index contributed by atoms with van der Waals surface area (Å²) in [6.45, 7) is 0. The van der Waals surface area contributed by atoms with Gasteiger partial charge in [0.1, 0.15) is 11.5 Å². The molecule has 0 spiro atoms. The second kappa shape index (κ2) is 6.71. The van der Waals surface area contributed by atoms with Crippen molar-refractivity contribution in [1.82, 2.24) is 0 Å². The fraction of sp³-hybridized carbons (Fsp3) is 0.188. The summed E-state index contributed by atoms with van der Waals surface area (Å²) in [5, 5.41) is 21.4. The first-order valence-electron chi connectivity index (χ1n) is 6.56. The number of ether oxygens (including phenoxy) is 2. The van der Waals surface area contributed by atoms with E-state index < -0.39 is 0 Å². The number of phenols is 2. The Kier molecular flexibility index (Phi) is 4.73. The maximum Gasteiger partial charge on any atom is 0.228 e. The minimum Gasteiger partial charge on any atom is -0.504 e. The van der Waals surface area contributed by atoms with E-state index in [1.165, 1.54) is 26.4 Å². The van der Waals surface area contributed by atoms with Crippen LogP contribution in [0.1, 0.15) is 5.56 Å². The number of rotatable bonds is 5. The zero-order valence-electron chi connectivity index (χ0n) is 12.3. The first-order valence-corrected chi connectivity index (χ1v) is 6.56. The number of hydrogen-bond donors (Lipinski definition) is 3. The molecule has 0 bridgehead atoms. The monoisotopic (exact) mass is 303 g/mol. The predicted molar refractivity (Wildman–Crippen MR) is 81.7 cm³/mol. The number of carbonyl (C=O) groups excluding carboxylic acids is 1. The number of nitrogens with one attached hydrogen (secondary N) is 1. The first kappa shape index (κ1) is 15.5. The SMILES string of the molecule is COc1ccc(OC)c(NC(=O)Cc2ccc(O)c(O)c2)c1. The molecule has 2 aromatic rings. The molecule has 0 aliphatic heterocycles. The van der Waals surface area contributed by atoms with E-state index in [4.69, 9.17) is 9.47 Å². The number of benzene rings is 2. The number of carbonyl (C=O) groups is 1. The highest BCUT2D eigenvalue weighted by molar-refractivity contribution is 5.94. The summed E-state index contributed by atoms with van der Waals surface area (Å²) in [5.74, 6) is 0.348. The van der Waals surface area contributed by atoms with Crippen molar-refractivity contribution in [3.63, 3.8) is 0 Å². The topological polar surface area (TPSA) is 88.0 Å². The molecule has 1 amide bonds. The highest BCUT2D eigenvalue weighted by atomic mass is 16.5. The summed E-state index contributed by atoms with van der Waals surface area (Å²) < 4.78 is 10.3. The van der Waals surface area contributed by atoms with E-state index in [-0.39, 0.29) is 23.8 Å². The quantitative estimate of drug-likeness (QED) is 0.738. The third kappa shape index (κ3) is 3.60. The molecule has 22 heavy (non-hydrogen) atoms. The molecular weight excluding hydrogens is 286 g/mol. The minimum atomic E-state index is -0.281. The summed E-state index contributed by atoms with van der Waals surface area (Å²) in [6, 6.07) is 9.33. The number of hydrogen-bond acceptors (Lipinski definition) is 5. The van der Waals surface area contributed by atoms with Crippen LogP contribution in [0.5, 0.6) is 23.0 Å². The lowest BCUT2D eigenvalue weighted by Gasteiger charge is -2.12. The van der Waals surface area contributed by atoms with Crippen LogP contribution in [0.3, 0.4) is 0 Å². The van der Waals surface area contributed by atoms with Gasteiger partial charge in [-0.3, -0.25) is 4.79 Å². The summed E-state index contributed by atoms with van der Waals surface area (Å²) in [4.78, 5) is 12.1. The van der Waals surface area contributed by atoms with Gasteiger partial charge in [-0.1, -0.05) is 6.07 Å². The molecule has 0 saturated heterocycles. The Labute approximate surface area is 127 Å². The molecule has 0 fully saturated rings. The van der Waals surface area contributed by atoms with Gasteiger partial charge in [0, 0.05) is 6.07 Å². The van der Waals surface area contributed by atoms with Gasteiger partial charge >= 0.3 is 0 Å². The van der Waals surface area contributed by atoms with Gasteiger partial charge in [0.25, 0.3) is 0 Å². The van der Waals surface area contributed by atoms with Gasteiger partial charge < -0.3 is 25.0 Å². The number of amides is 1. The third-order valence-electron chi connectivity index (χ3n) is 3.09. The predicted octanol–water partition coefficient (Wildman–Crippen LogP) is 2.30. The van der Waals surface area contributed by atoms with Crippen LogP contribution in [-0.2, 0) is 11.2 Å². The van der Waals surface area contributed by atoms with Crippen LogP contribution < -0.4 is 14.8 Å². The van der Waals surface area contributed by atoms with Crippen LogP contribution in [-0.4, -0.2) is 30.3 Å². The van der Waals surface area contributed by atoms with Crippen LogP contribution in [0.25, 0.3) is 0 Å². The number of phenolic OH excluding ortho intramolecular Hbond substituents is 2. The zero-order chi connectivity index (χ0) is 16.1. The average molecular weight is 303 g/mol. The zero-order valence-corrected chi connectivity index (χ0v) is 12.3. The number of methoxy groups -OCH3 is 2. The Balaban J connectivity index is 2.12. The van der Waals surface area contributed by atoms with Gasteiger partial charge in [-0.25, -0.2) is 0 Å². The molecule has 2 aromatic carbocycles. The number of anilines is 1. The molecule has 0 aliphatic carbocycles. The van der Waals surface area contributed by atoms with Gasteiger partial charge in [0.05, 0.1) is 26.3 Å². The molecule has 6 nitrogen and oxygen atoms in total. The van der Waals surface area contributed by atoms with Crippen molar-refractivity contribution in [1.29, 1.82) is 0 Å². The fourth-order valence-electron chi connectivity index (χ4n) is 1.97. The van der Waals surface area contributed by atoms with Crippen molar-refractivity contribution in [2.45, 2.75) is 6.42 Å². The van der Waals surface area contributed by atoms with Crippen molar-refractivity contribution in [3.8, 4) is 23.0 Å². The van der Waals surface area contributed by atoms with E-state index in [1.54, 1.807) is 24.3 Å². The minimum absolute atomic E-state index is 0.0498. The van der Waals surface area contributed by atoms with Gasteiger partial charge in [-0.15, -0.1) is 0 Å². The second-order valence-electron chi connectivity index (χ2n) is 4.61. The standard InChI is InChI=1S/C16H17NO5/c1-21-11-4-6-15(22-2)12(9-11)17-16(20)8-10-3-5-13(18)14(19)7-10/h3-7,9,18-19H,8H2,1-2H3,(H,17,20). The lowest BCUT2D eigenvalue weighted by molar-refractivity contribution is -0.115. The second-order valence-corrected chi connectivity index (χ2v) is 4.61. The van der Waals surface area contributed by atoms with Gasteiger partial charge in [-0.2, -0.15) is 0 Å². The van der Waals surface area contributed by atoms with Crippen molar-refractivity contribution < 1.29 is 24.5 Å². The van der Waals surface area contributed by atoms with E-state index in [0.717, 1.165) is 0 Å². The molecular formula is C16H17NO5. The Hall–Kier alpha value is -2.89. The van der Waals surface area contributed by atoms with E-state index in [1.807, 2.05) is 0 Å².